The third kappa shape index (κ3) is 10.4. The number of likely N-dealkylation sites (tertiary alicyclic amines) is 2. The Hall–Kier alpha value is -7.02. The van der Waals surface area contributed by atoms with E-state index in [0.717, 1.165) is 35.6 Å². The highest BCUT2D eigenvalue weighted by Gasteiger charge is 2.48. The minimum atomic E-state index is -1.37. The first-order valence-electron chi connectivity index (χ1n) is 22.6. The van der Waals surface area contributed by atoms with Crippen LogP contribution in [-0.2, 0) is 52.8 Å². The Morgan fingerprint density at radius 3 is 1.17 bits per heavy atom. The smallest absolute Gasteiger partial charge is 0.418 e. The van der Waals surface area contributed by atoms with Gasteiger partial charge in [0, 0.05) is 63.0 Å². The van der Waals surface area contributed by atoms with Gasteiger partial charge in [0.25, 0.3) is 11.8 Å². The van der Waals surface area contributed by atoms with Crippen molar-refractivity contribution >= 4 is 35.1 Å². The molecule has 2 aliphatic rings. The number of aryl methyl sites for hydroxylation is 2. The highest BCUT2D eigenvalue weighted by molar-refractivity contribution is 6.30. The van der Waals surface area contributed by atoms with Gasteiger partial charge in [0.05, 0.1) is 22.5 Å². The molecule has 2 aliphatic heterocycles. The first kappa shape index (κ1) is 45.5. The molecule has 338 valence electrons. The van der Waals surface area contributed by atoms with Gasteiger partial charge in [0.2, 0.25) is 0 Å². The van der Waals surface area contributed by atoms with E-state index in [1.54, 1.807) is 22.2 Å². The average Bonchev–Trinajstić information content (AvgIpc) is 3.35. The summed E-state index contributed by atoms with van der Waals surface area (Å²) in [6.07, 6.45) is 5.71. The largest absolute Gasteiger partial charge is 0.447 e. The van der Waals surface area contributed by atoms with Crippen LogP contribution in [0.25, 0.3) is 0 Å². The van der Waals surface area contributed by atoms with Crippen LogP contribution in [-0.4, -0.2) is 82.9 Å². The van der Waals surface area contributed by atoms with E-state index >= 15 is 0 Å². The third-order valence-electron chi connectivity index (χ3n) is 12.9. The lowest BCUT2D eigenvalue weighted by Crippen LogP contribution is -2.57. The second-order valence-electron chi connectivity index (χ2n) is 17.3. The molecule has 12 heteroatoms. The van der Waals surface area contributed by atoms with Crippen LogP contribution >= 0.6 is 0 Å². The van der Waals surface area contributed by atoms with Gasteiger partial charge in [-0.3, -0.25) is 39.2 Å². The number of rotatable bonds is 14. The summed E-state index contributed by atoms with van der Waals surface area (Å²) in [5.41, 5.74) is 5.28. The summed E-state index contributed by atoms with van der Waals surface area (Å²) in [5.74, 6) is -3.81. The molecule has 0 unspecified atom stereocenters. The van der Waals surface area contributed by atoms with Crippen molar-refractivity contribution in [1.82, 2.24) is 19.8 Å². The van der Waals surface area contributed by atoms with Crippen molar-refractivity contribution in [1.29, 1.82) is 0 Å². The minimum absolute atomic E-state index is 0.528. The number of benzene rings is 4. The minimum Gasteiger partial charge on any atom is -0.447 e. The Morgan fingerprint density at radius 2 is 0.833 bits per heavy atom. The van der Waals surface area contributed by atoms with Crippen molar-refractivity contribution < 1.29 is 28.7 Å². The van der Waals surface area contributed by atoms with Crippen molar-refractivity contribution in [3.05, 3.63) is 192 Å². The summed E-state index contributed by atoms with van der Waals surface area (Å²) >= 11 is 0. The summed E-state index contributed by atoms with van der Waals surface area (Å²) in [4.78, 5) is 73.8. The maximum absolute atomic E-state index is 14.6. The number of aromatic nitrogens is 2. The number of anilines is 2. The van der Waals surface area contributed by atoms with E-state index < -0.39 is 48.0 Å². The predicted molar refractivity (Wildman–Crippen MR) is 253 cm³/mol. The van der Waals surface area contributed by atoms with Gasteiger partial charge in [-0.25, -0.2) is 9.59 Å². The van der Waals surface area contributed by atoms with Crippen molar-refractivity contribution in [3.63, 3.8) is 0 Å². The van der Waals surface area contributed by atoms with Crippen molar-refractivity contribution in [2.45, 2.75) is 63.7 Å². The van der Waals surface area contributed by atoms with Gasteiger partial charge in [0.15, 0.2) is 13.2 Å². The third-order valence-corrected chi connectivity index (χ3v) is 12.9. The van der Waals surface area contributed by atoms with Crippen molar-refractivity contribution in [2.75, 3.05) is 49.2 Å². The summed E-state index contributed by atoms with van der Waals surface area (Å²) in [6, 6.07) is 46.9. The molecule has 0 spiro atoms. The second-order valence-corrected chi connectivity index (χ2v) is 17.3. The van der Waals surface area contributed by atoms with E-state index in [1.165, 1.54) is 11.1 Å². The molecule has 2 aromatic heterocycles. The molecule has 0 radical (unpaired) electrons. The fourth-order valence-electron chi connectivity index (χ4n) is 9.53. The Bertz CT molecular complexity index is 2400. The molecule has 0 aliphatic carbocycles. The van der Waals surface area contributed by atoms with E-state index in [0.29, 0.717) is 63.2 Å². The number of pyridine rings is 2. The van der Waals surface area contributed by atoms with Gasteiger partial charge < -0.3 is 9.47 Å². The maximum atomic E-state index is 14.6. The van der Waals surface area contributed by atoms with E-state index in [1.807, 2.05) is 135 Å². The number of ether oxygens (including phenoxy) is 2. The molecule has 8 rings (SSSR count). The van der Waals surface area contributed by atoms with Crippen LogP contribution in [0.4, 0.5) is 11.4 Å². The molecule has 66 heavy (non-hydrogen) atoms. The molecular formula is C54H56N6O6. The SMILES string of the molecule is Cc1ccnc(C2(N(C(=O)COC(=O)C(=O)OCC(=O)N(c3ccccc3)C3(c4cc(C)ccn4)CCN(Cc4ccccc4)CC3)c3ccccc3)CCN(Cc3ccccc3)CC2)c1. The first-order valence-corrected chi connectivity index (χ1v) is 22.6. The number of para-hydroxylation sites is 2. The zero-order valence-corrected chi connectivity index (χ0v) is 37.6. The zero-order valence-electron chi connectivity index (χ0n) is 37.6. The quantitative estimate of drug-likeness (QED) is 0.0787. The van der Waals surface area contributed by atoms with Crippen LogP contribution in [0, 0.1) is 13.8 Å². The molecule has 2 saturated heterocycles. The van der Waals surface area contributed by atoms with Crippen LogP contribution < -0.4 is 9.80 Å². The lowest BCUT2D eigenvalue weighted by molar-refractivity contribution is -0.169. The summed E-state index contributed by atoms with van der Waals surface area (Å²) < 4.78 is 10.9. The normalized spacial score (nSPS) is 15.8. The van der Waals surface area contributed by atoms with Crippen LogP contribution in [0.2, 0.25) is 0 Å². The van der Waals surface area contributed by atoms with E-state index in [-0.39, 0.29) is 0 Å². The van der Waals surface area contributed by atoms with Gasteiger partial charge in [-0.05, 0) is 110 Å². The molecule has 0 saturated carbocycles. The molecule has 0 bridgehead atoms. The lowest BCUT2D eigenvalue weighted by atomic mass is 9.81. The Labute approximate surface area is 386 Å². The monoisotopic (exact) mass is 884 g/mol. The molecule has 2 amide bonds. The number of nitrogens with zero attached hydrogens (tertiary/aromatic N) is 6. The first-order chi connectivity index (χ1) is 32.1. The molecule has 4 aromatic carbocycles. The number of carbonyl (C=O) groups is 4. The number of amides is 2. The lowest BCUT2D eigenvalue weighted by Gasteiger charge is -2.48. The maximum Gasteiger partial charge on any atom is 0.418 e. The summed E-state index contributed by atoms with van der Waals surface area (Å²) in [6.45, 7) is 6.73. The standard InChI is InChI=1S/C54H56N6O6/c1-41-23-29-55-47(35-41)53(25-31-57(32-26-53)37-43-15-7-3-8-16-43)59(45-19-11-5-12-20-45)49(61)39-65-51(63)52(64)66-40-50(62)60(46-21-13-6-14-22-46)54(48-36-42(2)24-30-56-48)27-33-58(34-28-54)38-44-17-9-4-10-18-44/h3-24,29-30,35-36H,25-28,31-34,37-40H2,1-2H3. The fraction of sp³-hybridized carbons (Fsp3) is 0.296. The number of carbonyl (C=O) groups excluding carboxylic acids is 4. The summed E-state index contributed by atoms with van der Waals surface area (Å²) in [7, 11) is 0. The Morgan fingerprint density at radius 1 is 0.500 bits per heavy atom. The van der Waals surface area contributed by atoms with E-state index in [4.69, 9.17) is 19.4 Å². The number of piperidine rings is 2. The highest BCUT2D eigenvalue weighted by atomic mass is 16.6. The fourth-order valence-corrected chi connectivity index (χ4v) is 9.53. The topological polar surface area (TPSA) is 125 Å². The molecular weight excluding hydrogens is 829 g/mol. The predicted octanol–water partition coefficient (Wildman–Crippen LogP) is 7.93. The number of hydrogen-bond acceptors (Lipinski definition) is 10. The second kappa shape index (κ2) is 20.9. The molecule has 0 atom stereocenters. The van der Waals surface area contributed by atoms with Gasteiger partial charge in [-0.2, -0.15) is 0 Å². The Kier molecular flexibility index (Phi) is 14.4. The summed E-state index contributed by atoms with van der Waals surface area (Å²) in [5, 5.41) is 0. The molecule has 2 fully saturated rings. The van der Waals surface area contributed by atoms with E-state index in [2.05, 4.69) is 34.1 Å². The van der Waals surface area contributed by atoms with Crippen LogP contribution in [0.5, 0.6) is 0 Å². The average molecular weight is 885 g/mol. The number of hydrogen-bond donors (Lipinski definition) is 0. The van der Waals surface area contributed by atoms with Crippen molar-refractivity contribution in [2.24, 2.45) is 0 Å². The van der Waals surface area contributed by atoms with Crippen molar-refractivity contribution in [3.8, 4) is 0 Å². The zero-order chi connectivity index (χ0) is 45.9. The van der Waals surface area contributed by atoms with Crippen LogP contribution in [0.15, 0.2) is 158 Å². The van der Waals surface area contributed by atoms with Gasteiger partial charge in [0.1, 0.15) is 0 Å². The van der Waals surface area contributed by atoms with Gasteiger partial charge in [-0.15, -0.1) is 0 Å². The van der Waals surface area contributed by atoms with Crippen LogP contribution in [0.1, 0.15) is 59.3 Å². The highest BCUT2D eigenvalue weighted by Crippen LogP contribution is 2.43. The molecule has 4 heterocycles. The van der Waals surface area contributed by atoms with Gasteiger partial charge >= 0.3 is 11.9 Å². The molecule has 6 aromatic rings. The molecule has 0 N–H and O–H groups in total. The van der Waals surface area contributed by atoms with E-state index in [9.17, 15) is 19.2 Å². The molecule has 12 nitrogen and oxygen atoms in total. The van der Waals surface area contributed by atoms with Crippen LogP contribution in [0.3, 0.4) is 0 Å². The number of esters is 2. The Balaban J connectivity index is 0.987. The van der Waals surface area contributed by atoms with Gasteiger partial charge in [-0.1, -0.05) is 97.1 Å².